The summed E-state index contributed by atoms with van der Waals surface area (Å²) >= 11 is 6.85. The van der Waals surface area contributed by atoms with Crippen molar-refractivity contribution in [3.05, 3.63) is 33.7 Å². The lowest BCUT2D eigenvalue weighted by atomic mass is 10.2. The number of amides is 3. The van der Waals surface area contributed by atoms with Gasteiger partial charge in [-0.15, -0.1) is 0 Å². The van der Waals surface area contributed by atoms with E-state index in [4.69, 9.17) is 21.1 Å². The van der Waals surface area contributed by atoms with E-state index in [0.717, 1.165) is 16.7 Å². The molecule has 1 aromatic carbocycles. The summed E-state index contributed by atoms with van der Waals surface area (Å²) in [7, 11) is 3.08. The molecule has 1 saturated heterocycles. The van der Waals surface area contributed by atoms with Crippen LogP contribution in [0, 0.1) is 0 Å². The fraction of sp³-hybridized carbons (Fsp3) is 0.353. The van der Waals surface area contributed by atoms with Crippen molar-refractivity contribution in [2.24, 2.45) is 0 Å². The zero-order valence-electron chi connectivity index (χ0n) is 14.4. The molecule has 0 bridgehead atoms. The summed E-state index contributed by atoms with van der Waals surface area (Å²) in [5, 5.41) is 2.57. The highest BCUT2D eigenvalue weighted by Gasteiger charge is 2.36. The SMILES string of the molecule is COCCCNC(=O)CN1C(=O)S/C(=C\c2ccc(OC)c(Cl)c2)C1=O. The Kier molecular flexibility index (Phi) is 7.50. The molecule has 1 heterocycles. The quantitative estimate of drug-likeness (QED) is 0.535. The first-order valence-corrected chi connectivity index (χ1v) is 9.00. The predicted molar refractivity (Wildman–Crippen MR) is 100 cm³/mol. The molecule has 26 heavy (non-hydrogen) atoms. The van der Waals surface area contributed by atoms with Crippen molar-refractivity contribution in [3.8, 4) is 5.75 Å². The highest BCUT2D eigenvalue weighted by Crippen LogP contribution is 2.33. The van der Waals surface area contributed by atoms with Crippen LogP contribution in [0.5, 0.6) is 5.75 Å². The highest BCUT2D eigenvalue weighted by molar-refractivity contribution is 8.18. The number of benzene rings is 1. The van der Waals surface area contributed by atoms with E-state index in [0.29, 0.717) is 35.9 Å². The number of halogens is 1. The summed E-state index contributed by atoms with van der Waals surface area (Å²) in [5.41, 5.74) is 0.658. The Bertz CT molecular complexity index is 738. The van der Waals surface area contributed by atoms with Gasteiger partial charge < -0.3 is 14.8 Å². The second kappa shape index (κ2) is 9.61. The van der Waals surface area contributed by atoms with Crippen molar-refractivity contribution in [2.45, 2.75) is 6.42 Å². The van der Waals surface area contributed by atoms with E-state index < -0.39 is 17.1 Å². The molecule has 0 aliphatic carbocycles. The number of thioether (sulfide) groups is 1. The molecule has 0 unspecified atom stereocenters. The Morgan fingerprint density at radius 1 is 1.35 bits per heavy atom. The maximum absolute atomic E-state index is 12.4. The Hall–Kier alpha value is -2.03. The van der Waals surface area contributed by atoms with Gasteiger partial charge in [-0.25, -0.2) is 0 Å². The molecule has 3 amide bonds. The second-order valence-electron chi connectivity index (χ2n) is 5.36. The lowest BCUT2D eigenvalue weighted by Gasteiger charge is -2.12. The third-order valence-corrected chi connectivity index (χ3v) is 4.70. The van der Waals surface area contributed by atoms with Crippen molar-refractivity contribution in [1.82, 2.24) is 10.2 Å². The summed E-state index contributed by atoms with van der Waals surface area (Å²) < 4.78 is 9.96. The molecule has 1 aliphatic heterocycles. The first-order valence-electron chi connectivity index (χ1n) is 7.80. The van der Waals surface area contributed by atoms with Crippen molar-refractivity contribution in [3.63, 3.8) is 0 Å². The van der Waals surface area contributed by atoms with Crippen LogP contribution in [0.4, 0.5) is 4.79 Å². The number of carbonyl (C=O) groups excluding carboxylic acids is 3. The fourth-order valence-electron chi connectivity index (χ4n) is 2.20. The topological polar surface area (TPSA) is 84.9 Å². The van der Waals surface area contributed by atoms with Crippen LogP contribution in [-0.2, 0) is 14.3 Å². The van der Waals surface area contributed by atoms with Crippen molar-refractivity contribution in [2.75, 3.05) is 33.9 Å². The number of imide groups is 1. The molecule has 0 saturated carbocycles. The maximum Gasteiger partial charge on any atom is 0.294 e. The zero-order chi connectivity index (χ0) is 19.1. The van der Waals surface area contributed by atoms with Gasteiger partial charge in [-0.1, -0.05) is 17.7 Å². The molecular formula is C17H19ClN2O5S. The number of nitrogens with zero attached hydrogens (tertiary/aromatic N) is 1. The van der Waals surface area contributed by atoms with E-state index >= 15 is 0 Å². The molecule has 0 spiro atoms. The average molecular weight is 399 g/mol. The summed E-state index contributed by atoms with van der Waals surface area (Å²) in [5.74, 6) is -0.377. The minimum absolute atomic E-state index is 0.239. The van der Waals surface area contributed by atoms with Crippen LogP contribution in [0.2, 0.25) is 5.02 Å². The van der Waals surface area contributed by atoms with Gasteiger partial charge in [-0.3, -0.25) is 19.3 Å². The highest BCUT2D eigenvalue weighted by atomic mass is 35.5. The van der Waals surface area contributed by atoms with Gasteiger partial charge in [0.2, 0.25) is 5.91 Å². The summed E-state index contributed by atoms with van der Waals surface area (Å²) in [6.45, 7) is 0.635. The molecule has 1 aliphatic rings. The normalized spacial score (nSPS) is 15.7. The summed E-state index contributed by atoms with van der Waals surface area (Å²) in [4.78, 5) is 37.5. The van der Waals surface area contributed by atoms with Gasteiger partial charge in [-0.05, 0) is 42.0 Å². The number of ether oxygens (including phenoxy) is 2. The number of rotatable bonds is 8. The standard InChI is InChI=1S/C17H19ClN2O5S/c1-24-7-3-6-19-15(21)10-20-16(22)14(26-17(20)23)9-11-4-5-13(25-2)12(18)8-11/h4-5,8-9H,3,6-7,10H2,1-2H3,(H,19,21)/b14-9-. The molecular weight excluding hydrogens is 380 g/mol. The van der Waals surface area contributed by atoms with Crippen molar-refractivity contribution >= 4 is 46.5 Å². The second-order valence-corrected chi connectivity index (χ2v) is 6.76. The van der Waals surface area contributed by atoms with E-state index in [-0.39, 0.29) is 11.4 Å². The molecule has 0 radical (unpaired) electrons. The molecule has 7 nitrogen and oxygen atoms in total. The van der Waals surface area contributed by atoms with Gasteiger partial charge in [0, 0.05) is 20.3 Å². The van der Waals surface area contributed by atoms with Crippen LogP contribution in [0.3, 0.4) is 0 Å². The zero-order valence-corrected chi connectivity index (χ0v) is 16.0. The Balaban J connectivity index is 2.01. The summed E-state index contributed by atoms with van der Waals surface area (Å²) in [6.07, 6.45) is 2.22. The van der Waals surface area contributed by atoms with E-state index in [1.807, 2.05) is 0 Å². The Morgan fingerprint density at radius 3 is 2.77 bits per heavy atom. The summed E-state index contributed by atoms with van der Waals surface area (Å²) in [6, 6.07) is 5.03. The number of nitrogens with one attached hydrogen (secondary N) is 1. The number of hydrogen-bond donors (Lipinski definition) is 1. The minimum Gasteiger partial charge on any atom is -0.495 e. The van der Waals surface area contributed by atoms with Crippen LogP contribution in [0.25, 0.3) is 6.08 Å². The fourth-order valence-corrected chi connectivity index (χ4v) is 3.31. The van der Waals surface area contributed by atoms with Gasteiger partial charge in [-0.2, -0.15) is 0 Å². The van der Waals surface area contributed by atoms with E-state index in [1.165, 1.54) is 7.11 Å². The van der Waals surface area contributed by atoms with E-state index in [9.17, 15) is 14.4 Å². The third kappa shape index (κ3) is 5.23. The van der Waals surface area contributed by atoms with Crippen LogP contribution in [-0.4, -0.2) is 55.9 Å². The predicted octanol–water partition coefficient (Wildman–Crippen LogP) is 2.54. The molecule has 0 atom stereocenters. The first kappa shape index (κ1) is 20.3. The van der Waals surface area contributed by atoms with Gasteiger partial charge in [0.25, 0.3) is 11.1 Å². The number of hydrogen-bond acceptors (Lipinski definition) is 6. The molecule has 1 fully saturated rings. The van der Waals surface area contributed by atoms with Crippen LogP contribution in [0.1, 0.15) is 12.0 Å². The van der Waals surface area contributed by atoms with Gasteiger partial charge in [0.15, 0.2) is 0 Å². The average Bonchev–Trinajstić information content (AvgIpc) is 2.86. The van der Waals surface area contributed by atoms with E-state index in [2.05, 4.69) is 5.32 Å². The van der Waals surface area contributed by atoms with Crippen molar-refractivity contribution < 1.29 is 23.9 Å². The van der Waals surface area contributed by atoms with Crippen LogP contribution < -0.4 is 10.1 Å². The largest absolute Gasteiger partial charge is 0.495 e. The molecule has 0 aromatic heterocycles. The van der Waals surface area contributed by atoms with Crippen molar-refractivity contribution in [1.29, 1.82) is 0 Å². The maximum atomic E-state index is 12.4. The molecule has 9 heteroatoms. The molecule has 1 N–H and O–H groups in total. The Morgan fingerprint density at radius 2 is 2.12 bits per heavy atom. The molecule has 1 aromatic rings. The smallest absolute Gasteiger partial charge is 0.294 e. The lowest BCUT2D eigenvalue weighted by molar-refractivity contribution is -0.129. The van der Waals surface area contributed by atoms with E-state index in [1.54, 1.807) is 31.4 Å². The minimum atomic E-state index is -0.501. The van der Waals surface area contributed by atoms with Gasteiger partial charge in [0.1, 0.15) is 12.3 Å². The van der Waals surface area contributed by atoms with Gasteiger partial charge >= 0.3 is 0 Å². The molecule has 2 rings (SSSR count). The third-order valence-electron chi connectivity index (χ3n) is 3.50. The van der Waals surface area contributed by atoms with Gasteiger partial charge in [0.05, 0.1) is 17.0 Å². The monoisotopic (exact) mass is 398 g/mol. The van der Waals surface area contributed by atoms with Crippen LogP contribution in [0.15, 0.2) is 23.1 Å². The number of methoxy groups -OCH3 is 2. The van der Waals surface area contributed by atoms with Crippen LogP contribution >= 0.6 is 23.4 Å². The lowest BCUT2D eigenvalue weighted by Crippen LogP contribution is -2.39. The Labute approximate surface area is 160 Å². The first-order chi connectivity index (χ1) is 12.5. The number of carbonyl (C=O) groups is 3. The molecule has 140 valence electrons.